The molecule has 0 amide bonds. The number of aliphatic hydroxyl groups excluding tert-OH is 1. The Labute approximate surface area is 164 Å². The standard InChI is InChI=1S/C21H27BrN2O2/c22-18-6-8-21(9-7-18)26-16-20(25)14-23-19-10-12-24(13-11-19)15-17-4-2-1-3-5-17/h1-9,19-20,23,25H,10-16H2. The second kappa shape index (κ2) is 10.1. The van der Waals surface area contributed by atoms with E-state index in [1.807, 2.05) is 24.3 Å². The zero-order chi connectivity index (χ0) is 18.2. The van der Waals surface area contributed by atoms with Crippen molar-refractivity contribution in [1.29, 1.82) is 0 Å². The quantitative estimate of drug-likeness (QED) is 0.688. The van der Waals surface area contributed by atoms with E-state index in [2.05, 4.69) is 56.5 Å². The van der Waals surface area contributed by atoms with Gasteiger partial charge in [-0.05, 0) is 55.8 Å². The van der Waals surface area contributed by atoms with Crippen LogP contribution < -0.4 is 10.1 Å². The van der Waals surface area contributed by atoms with E-state index in [0.717, 1.165) is 42.7 Å². The SMILES string of the molecule is OC(CNC1CCN(Cc2ccccc2)CC1)COc1ccc(Br)cc1. The lowest BCUT2D eigenvalue weighted by Gasteiger charge is -2.33. The summed E-state index contributed by atoms with van der Waals surface area (Å²) in [5, 5.41) is 13.6. The molecule has 1 unspecified atom stereocenters. The summed E-state index contributed by atoms with van der Waals surface area (Å²) in [4.78, 5) is 2.50. The molecule has 1 atom stereocenters. The molecule has 1 saturated heterocycles. The highest BCUT2D eigenvalue weighted by Gasteiger charge is 2.19. The van der Waals surface area contributed by atoms with Crippen LogP contribution in [-0.2, 0) is 6.54 Å². The summed E-state index contributed by atoms with van der Waals surface area (Å²) < 4.78 is 6.65. The predicted molar refractivity (Wildman–Crippen MR) is 108 cm³/mol. The molecule has 5 heteroatoms. The fourth-order valence-corrected chi connectivity index (χ4v) is 3.49. The van der Waals surface area contributed by atoms with Gasteiger partial charge in [0.1, 0.15) is 18.5 Å². The Morgan fingerprint density at radius 1 is 1.08 bits per heavy atom. The Morgan fingerprint density at radius 2 is 1.77 bits per heavy atom. The number of hydrogen-bond acceptors (Lipinski definition) is 4. The molecule has 1 fully saturated rings. The van der Waals surface area contributed by atoms with Gasteiger partial charge in [0.2, 0.25) is 0 Å². The second-order valence-corrected chi connectivity index (χ2v) is 7.78. The van der Waals surface area contributed by atoms with Gasteiger partial charge >= 0.3 is 0 Å². The van der Waals surface area contributed by atoms with Crippen molar-refractivity contribution < 1.29 is 9.84 Å². The molecule has 26 heavy (non-hydrogen) atoms. The summed E-state index contributed by atoms with van der Waals surface area (Å²) >= 11 is 3.40. The van der Waals surface area contributed by atoms with Crippen LogP contribution in [-0.4, -0.2) is 48.4 Å². The maximum Gasteiger partial charge on any atom is 0.119 e. The number of hydrogen-bond donors (Lipinski definition) is 2. The molecule has 0 radical (unpaired) electrons. The zero-order valence-electron chi connectivity index (χ0n) is 15.0. The van der Waals surface area contributed by atoms with Crippen LogP contribution in [0.25, 0.3) is 0 Å². The number of nitrogens with zero attached hydrogens (tertiary/aromatic N) is 1. The molecule has 2 aromatic rings. The summed E-state index contributed by atoms with van der Waals surface area (Å²) in [5.74, 6) is 0.779. The van der Waals surface area contributed by atoms with E-state index >= 15 is 0 Å². The van der Waals surface area contributed by atoms with E-state index in [-0.39, 0.29) is 0 Å². The lowest BCUT2D eigenvalue weighted by atomic mass is 10.0. The van der Waals surface area contributed by atoms with Gasteiger partial charge in [-0.3, -0.25) is 4.90 Å². The first-order valence-corrected chi connectivity index (χ1v) is 10.0. The van der Waals surface area contributed by atoms with Gasteiger partial charge in [-0.15, -0.1) is 0 Å². The lowest BCUT2D eigenvalue weighted by Crippen LogP contribution is -2.45. The van der Waals surface area contributed by atoms with Crippen LogP contribution in [0.5, 0.6) is 5.75 Å². The van der Waals surface area contributed by atoms with Gasteiger partial charge in [-0.1, -0.05) is 46.3 Å². The number of aliphatic hydroxyl groups is 1. The van der Waals surface area contributed by atoms with Gasteiger partial charge in [0.25, 0.3) is 0 Å². The van der Waals surface area contributed by atoms with Crippen molar-refractivity contribution in [3.63, 3.8) is 0 Å². The number of rotatable bonds is 8. The summed E-state index contributed by atoms with van der Waals surface area (Å²) in [5.41, 5.74) is 1.37. The molecule has 3 rings (SSSR count). The molecule has 0 bridgehead atoms. The van der Waals surface area contributed by atoms with Gasteiger partial charge in [0.05, 0.1) is 0 Å². The highest BCUT2D eigenvalue weighted by atomic mass is 79.9. The number of piperidine rings is 1. The van der Waals surface area contributed by atoms with Gasteiger partial charge < -0.3 is 15.2 Å². The Bertz CT molecular complexity index is 643. The first kappa shape index (κ1) is 19.4. The average molecular weight is 419 g/mol. The van der Waals surface area contributed by atoms with Crippen molar-refractivity contribution in [2.45, 2.75) is 31.5 Å². The third kappa shape index (κ3) is 6.40. The first-order chi connectivity index (χ1) is 12.7. The van der Waals surface area contributed by atoms with Crippen LogP contribution in [0.2, 0.25) is 0 Å². The molecule has 0 spiro atoms. The van der Waals surface area contributed by atoms with E-state index in [9.17, 15) is 5.11 Å². The van der Waals surface area contributed by atoms with Crippen LogP contribution in [0.4, 0.5) is 0 Å². The first-order valence-electron chi connectivity index (χ1n) is 9.25. The molecule has 2 N–H and O–H groups in total. The number of likely N-dealkylation sites (tertiary alicyclic amines) is 1. The minimum atomic E-state index is -0.499. The monoisotopic (exact) mass is 418 g/mol. The lowest BCUT2D eigenvalue weighted by molar-refractivity contribution is 0.0979. The third-order valence-electron chi connectivity index (χ3n) is 4.73. The van der Waals surface area contributed by atoms with Crippen molar-refractivity contribution in [3.8, 4) is 5.75 Å². The number of halogens is 1. The number of ether oxygens (including phenoxy) is 1. The highest BCUT2D eigenvalue weighted by molar-refractivity contribution is 9.10. The Hall–Kier alpha value is -1.40. The summed E-state index contributed by atoms with van der Waals surface area (Å²) in [6, 6.07) is 18.8. The molecule has 0 aromatic heterocycles. The minimum absolute atomic E-state index is 0.307. The Balaban J connectivity index is 1.31. The highest BCUT2D eigenvalue weighted by Crippen LogP contribution is 2.16. The van der Waals surface area contributed by atoms with Gasteiger partial charge in [-0.25, -0.2) is 0 Å². The van der Waals surface area contributed by atoms with Crippen molar-refractivity contribution >= 4 is 15.9 Å². The van der Waals surface area contributed by atoms with E-state index < -0.39 is 6.10 Å². The van der Waals surface area contributed by atoms with Crippen molar-refractivity contribution in [2.24, 2.45) is 0 Å². The molecule has 140 valence electrons. The van der Waals surface area contributed by atoms with E-state index in [4.69, 9.17) is 4.74 Å². The topological polar surface area (TPSA) is 44.7 Å². The van der Waals surface area contributed by atoms with Gasteiger partial charge in [-0.2, -0.15) is 0 Å². The van der Waals surface area contributed by atoms with Gasteiger partial charge in [0.15, 0.2) is 0 Å². The van der Waals surface area contributed by atoms with Crippen LogP contribution >= 0.6 is 15.9 Å². The van der Waals surface area contributed by atoms with Crippen LogP contribution in [0, 0.1) is 0 Å². The molecule has 2 aromatic carbocycles. The Morgan fingerprint density at radius 3 is 2.46 bits per heavy atom. The maximum atomic E-state index is 10.1. The fourth-order valence-electron chi connectivity index (χ4n) is 3.22. The molecule has 4 nitrogen and oxygen atoms in total. The van der Waals surface area contributed by atoms with Gasteiger partial charge in [0, 0.05) is 23.6 Å². The summed E-state index contributed by atoms with van der Waals surface area (Å²) in [6.07, 6.45) is 1.74. The van der Waals surface area contributed by atoms with E-state index in [0.29, 0.717) is 19.2 Å². The summed E-state index contributed by atoms with van der Waals surface area (Å²) in [7, 11) is 0. The molecule has 0 saturated carbocycles. The van der Waals surface area contributed by atoms with Crippen LogP contribution in [0.3, 0.4) is 0 Å². The molecule has 1 aliphatic heterocycles. The van der Waals surface area contributed by atoms with E-state index in [1.54, 1.807) is 0 Å². The molecular formula is C21H27BrN2O2. The number of nitrogens with one attached hydrogen (secondary N) is 1. The zero-order valence-corrected chi connectivity index (χ0v) is 16.6. The van der Waals surface area contributed by atoms with Crippen molar-refractivity contribution in [1.82, 2.24) is 10.2 Å². The maximum absolute atomic E-state index is 10.1. The van der Waals surface area contributed by atoms with E-state index in [1.165, 1.54) is 5.56 Å². The largest absolute Gasteiger partial charge is 0.491 e. The van der Waals surface area contributed by atoms with Crippen molar-refractivity contribution in [2.75, 3.05) is 26.2 Å². The van der Waals surface area contributed by atoms with Crippen molar-refractivity contribution in [3.05, 3.63) is 64.6 Å². The Kier molecular flexibility index (Phi) is 7.50. The molecule has 0 aliphatic carbocycles. The third-order valence-corrected chi connectivity index (χ3v) is 5.26. The molecular weight excluding hydrogens is 392 g/mol. The average Bonchev–Trinajstić information content (AvgIpc) is 2.68. The molecule has 1 heterocycles. The molecule has 1 aliphatic rings. The normalized spacial score (nSPS) is 17.2. The predicted octanol–water partition coefficient (Wildman–Crippen LogP) is 3.44. The fraction of sp³-hybridized carbons (Fsp3) is 0.429. The smallest absolute Gasteiger partial charge is 0.119 e. The minimum Gasteiger partial charge on any atom is -0.491 e. The van der Waals surface area contributed by atoms with Crippen LogP contribution in [0.1, 0.15) is 18.4 Å². The summed E-state index contributed by atoms with van der Waals surface area (Å²) in [6.45, 7) is 4.09. The van der Waals surface area contributed by atoms with Crippen LogP contribution in [0.15, 0.2) is 59.1 Å². The second-order valence-electron chi connectivity index (χ2n) is 6.86. The number of benzene rings is 2.